The van der Waals surface area contributed by atoms with E-state index in [0.29, 0.717) is 25.6 Å². The van der Waals surface area contributed by atoms with Gasteiger partial charge >= 0.3 is 0 Å². The van der Waals surface area contributed by atoms with Gasteiger partial charge in [0.05, 0.1) is 18.7 Å². The molecule has 1 aromatic rings. The van der Waals surface area contributed by atoms with Crippen LogP contribution in [0.5, 0.6) is 5.75 Å². The molecule has 0 aromatic heterocycles. The van der Waals surface area contributed by atoms with E-state index in [1.165, 1.54) is 10.6 Å². The Bertz CT molecular complexity index is 547. The van der Waals surface area contributed by atoms with Crippen molar-refractivity contribution in [3.8, 4) is 5.75 Å². The predicted molar refractivity (Wildman–Crippen MR) is 80.6 cm³/mol. The van der Waals surface area contributed by atoms with Gasteiger partial charge in [-0.3, -0.25) is 0 Å². The molecular formula is C14H20ClNO3S. The van der Waals surface area contributed by atoms with Crippen molar-refractivity contribution in [2.45, 2.75) is 18.7 Å². The van der Waals surface area contributed by atoms with Gasteiger partial charge < -0.3 is 4.74 Å². The molecule has 1 unspecified atom stereocenters. The summed E-state index contributed by atoms with van der Waals surface area (Å²) >= 11 is 5.87. The Kier molecular flexibility index (Phi) is 5.29. The van der Waals surface area contributed by atoms with Crippen LogP contribution in [0.25, 0.3) is 0 Å². The van der Waals surface area contributed by atoms with Crippen LogP contribution in [0.1, 0.15) is 18.4 Å². The molecule has 1 saturated heterocycles. The van der Waals surface area contributed by atoms with Crippen LogP contribution in [0, 0.1) is 5.92 Å². The second kappa shape index (κ2) is 6.78. The summed E-state index contributed by atoms with van der Waals surface area (Å²) in [5, 5.41) is 0. The second-order valence-corrected chi connectivity index (χ2v) is 7.43. The lowest BCUT2D eigenvalue weighted by molar-refractivity contribution is 0.180. The molecule has 20 heavy (non-hydrogen) atoms. The Hall–Kier alpha value is -0.780. The number of benzene rings is 1. The normalized spacial score (nSPS) is 20.8. The van der Waals surface area contributed by atoms with E-state index in [1.807, 2.05) is 24.3 Å². The van der Waals surface area contributed by atoms with Crippen molar-refractivity contribution in [2.24, 2.45) is 5.92 Å². The third-order valence-electron chi connectivity index (χ3n) is 3.54. The molecule has 6 heteroatoms. The fourth-order valence-electron chi connectivity index (χ4n) is 2.43. The van der Waals surface area contributed by atoms with Crippen LogP contribution in [0.2, 0.25) is 0 Å². The second-order valence-electron chi connectivity index (χ2n) is 5.18. The maximum atomic E-state index is 11.6. The highest BCUT2D eigenvalue weighted by Crippen LogP contribution is 2.23. The first-order valence-electron chi connectivity index (χ1n) is 6.72. The standard InChI is InChI=1S/C14H20ClNO3S/c1-20(17,18)16-8-4-5-12(10-16)11-19-14-7-3-2-6-13(14)9-15/h2-3,6-7,12H,4-5,8-11H2,1H3. The van der Waals surface area contributed by atoms with Crippen molar-refractivity contribution in [1.29, 1.82) is 0 Å². The number of rotatable bonds is 5. The minimum atomic E-state index is -3.10. The lowest BCUT2D eigenvalue weighted by atomic mass is 10.0. The van der Waals surface area contributed by atoms with E-state index < -0.39 is 10.0 Å². The Balaban J connectivity index is 1.94. The number of piperidine rings is 1. The zero-order valence-corrected chi connectivity index (χ0v) is 13.2. The van der Waals surface area contributed by atoms with E-state index >= 15 is 0 Å². The Labute approximate surface area is 125 Å². The summed E-state index contributed by atoms with van der Waals surface area (Å²) in [7, 11) is -3.10. The van der Waals surface area contributed by atoms with E-state index in [2.05, 4.69) is 0 Å². The first kappa shape index (κ1) is 15.6. The molecule has 4 nitrogen and oxygen atoms in total. The Morgan fingerprint density at radius 1 is 1.40 bits per heavy atom. The highest BCUT2D eigenvalue weighted by molar-refractivity contribution is 7.88. The summed E-state index contributed by atoms with van der Waals surface area (Å²) in [6, 6.07) is 7.67. The molecule has 1 heterocycles. The molecule has 1 aliphatic heterocycles. The third-order valence-corrected chi connectivity index (χ3v) is 5.10. The van der Waals surface area contributed by atoms with Crippen molar-refractivity contribution in [3.63, 3.8) is 0 Å². The molecule has 0 amide bonds. The quantitative estimate of drug-likeness (QED) is 0.784. The summed E-state index contributed by atoms with van der Waals surface area (Å²) in [6.07, 6.45) is 3.15. The molecule has 1 aromatic carbocycles. The highest BCUT2D eigenvalue weighted by atomic mass is 35.5. The number of alkyl halides is 1. The van der Waals surface area contributed by atoms with Gasteiger partial charge in [-0.1, -0.05) is 18.2 Å². The average Bonchev–Trinajstić information content (AvgIpc) is 2.45. The fraction of sp³-hybridized carbons (Fsp3) is 0.571. The number of sulfonamides is 1. The van der Waals surface area contributed by atoms with Crippen LogP contribution < -0.4 is 4.74 Å². The van der Waals surface area contributed by atoms with Gasteiger partial charge in [0.2, 0.25) is 10.0 Å². The third kappa shape index (κ3) is 4.11. The van der Waals surface area contributed by atoms with Gasteiger partial charge in [-0.25, -0.2) is 12.7 Å². The SMILES string of the molecule is CS(=O)(=O)N1CCCC(COc2ccccc2CCl)C1. The van der Waals surface area contributed by atoms with Gasteiger partial charge in [0.25, 0.3) is 0 Å². The minimum Gasteiger partial charge on any atom is -0.493 e. The number of nitrogens with zero attached hydrogens (tertiary/aromatic N) is 1. The van der Waals surface area contributed by atoms with Crippen molar-refractivity contribution in [3.05, 3.63) is 29.8 Å². The summed E-state index contributed by atoms with van der Waals surface area (Å²) in [6.45, 7) is 1.69. The van der Waals surface area contributed by atoms with E-state index in [-0.39, 0.29) is 5.92 Å². The molecule has 2 rings (SSSR count). The lowest BCUT2D eigenvalue weighted by Crippen LogP contribution is -2.40. The predicted octanol–water partition coefficient (Wildman–Crippen LogP) is 2.48. The lowest BCUT2D eigenvalue weighted by Gasteiger charge is -2.30. The van der Waals surface area contributed by atoms with Crippen molar-refractivity contribution in [1.82, 2.24) is 4.31 Å². The van der Waals surface area contributed by atoms with Crippen LogP contribution in [0.4, 0.5) is 0 Å². The van der Waals surface area contributed by atoms with E-state index in [0.717, 1.165) is 24.2 Å². The first-order valence-corrected chi connectivity index (χ1v) is 9.11. The summed E-state index contributed by atoms with van der Waals surface area (Å²) < 4.78 is 30.5. The van der Waals surface area contributed by atoms with Gasteiger partial charge in [-0.2, -0.15) is 0 Å². The summed E-state index contributed by atoms with van der Waals surface area (Å²) in [5.41, 5.74) is 0.963. The van der Waals surface area contributed by atoms with E-state index in [1.54, 1.807) is 0 Å². The van der Waals surface area contributed by atoms with Crippen LogP contribution in [0.3, 0.4) is 0 Å². The molecule has 0 saturated carbocycles. The maximum absolute atomic E-state index is 11.6. The molecule has 0 spiro atoms. The topological polar surface area (TPSA) is 46.6 Å². The molecule has 1 aliphatic rings. The molecule has 0 aliphatic carbocycles. The zero-order chi connectivity index (χ0) is 14.6. The van der Waals surface area contributed by atoms with Crippen LogP contribution in [-0.2, 0) is 15.9 Å². The average molecular weight is 318 g/mol. The molecule has 0 N–H and O–H groups in total. The van der Waals surface area contributed by atoms with Gasteiger partial charge in [0.1, 0.15) is 5.75 Å². The first-order chi connectivity index (χ1) is 9.50. The fourth-order valence-corrected chi connectivity index (χ4v) is 3.59. The molecule has 1 fully saturated rings. The van der Waals surface area contributed by atoms with Gasteiger partial charge in [0, 0.05) is 24.6 Å². The molecule has 0 bridgehead atoms. The van der Waals surface area contributed by atoms with Gasteiger partial charge in [0.15, 0.2) is 0 Å². The number of hydrogen-bond acceptors (Lipinski definition) is 3. The Morgan fingerprint density at radius 2 is 2.15 bits per heavy atom. The number of hydrogen-bond donors (Lipinski definition) is 0. The minimum absolute atomic E-state index is 0.238. The van der Waals surface area contributed by atoms with Crippen LogP contribution in [-0.4, -0.2) is 38.7 Å². The molecular weight excluding hydrogens is 298 g/mol. The summed E-state index contributed by atoms with van der Waals surface area (Å²) in [4.78, 5) is 0. The molecule has 112 valence electrons. The molecule has 0 radical (unpaired) electrons. The van der Waals surface area contributed by atoms with Gasteiger partial charge in [-0.15, -0.1) is 11.6 Å². The summed E-state index contributed by atoms with van der Waals surface area (Å²) in [5.74, 6) is 1.44. The van der Waals surface area contributed by atoms with Crippen molar-refractivity contribution in [2.75, 3.05) is 26.0 Å². The smallest absolute Gasteiger partial charge is 0.211 e. The maximum Gasteiger partial charge on any atom is 0.211 e. The van der Waals surface area contributed by atoms with Crippen LogP contribution in [0.15, 0.2) is 24.3 Å². The molecule has 1 atom stereocenters. The zero-order valence-electron chi connectivity index (χ0n) is 11.6. The van der Waals surface area contributed by atoms with Crippen LogP contribution >= 0.6 is 11.6 Å². The monoisotopic (exact) mass is 317 g/mol. The number of para-hydroxylation sites is 1. The van der Waals surface area contributed by atoms with E-state index in [4.69, 9.17) is 16.3 Å². The highest BCUT2D eigenvalue weighted by Gasteiger charge is 2.26. The Morgan fingerprint density at radius 3 is 2.85 bits per heavy atom. The van der Waals surface area contributed by atoms with Crippen molar-refractivity contribution < 1.29 is 13.2 Å². The van der Waals surface area contributed by atoms with Crippen molar-refractivity contribution >= 4 is 21.6 Å². The van der Waals surface area contributed by atoms with E-state index in [9.17, 15) is 8.42 Å². The number of ether oxygens (including phenoxy) is 1. The van der Waals surface area contributed by atoms with Gasteiger partial charge in [-0.05, 0) is 18.9 Å². The largest absolute Gasteiger partial charge is 0.493 e. The number of halogens is 1.